The fraction of sp³-hybridized carbons (Fsp3) is 0.250. The predicted molar refractivity (Wildman–Crippen MR) is 78.0 cm³/mol. The van der Waals surface area contributed by atoms with E-state index >= 15 is 0 Å². The third-order valence-electron chi connectivity index (χ3n) is 3.36. The highest BCUT2D eigenvalue weighted by molar-refractivity contribution is 6.31. The van der Waals surface area contributed by atoms with E-state index in [1.165, 1.54) is 12.1 Å². The highest BCUT2D eigenvalue weighted by Gasteiger charge is 2.14. The van der Waals surface area contributed by atoms with Crippen LogP contribution in [-0.2, 0) is 6.42 Å². The Bertz CT molecular complexity index is 575. The van der Waals surface area contributed by atoms with E-state index in [0.717, 1.165) is 22.3 Å². The Labute approximate surface area is 118 Å². The van der Waals surface area contributed by atoms with Crippen LogP contribution in [0.5, 0.6) is 0 Å². The largest absolute Gasteiger partial charge is 0.324 e. The maximum atomic E-state index is 13.3. The molecule has 0 saturated carbocycles. The lowest BCUT2D eigenvalue weighted by atomic mass is 9.92. The maximum Gasteiger partial charge on any atom is 0.123 e. The maximum absolute atomic E-state index is 13.3. The topological polar surface area (TPSA) is 26.0 Å². The first-order chi connectivity index (χ1) is 8.99. The molecule has 0 aliphatic rings. The van der Waals surface area contributed by atoms with Gasteiger partial charge < -0.3 is 5.73 Å². The van der Waals surface area contributed by atoms with Crippen molar-refractivity contribution in [2.24, 2.45) is 5.73 Å². The van der Waals surface area contributed by atoms with Gasteiger partial charge in [-0.15, -0.1) is 0 Å². The van der Waals surface area contributed by atoms with E-state index in [0.29, 0.717) is 11.4 Å². The first-order valence-corrected chi connectivity index (χ1v) is 6.62. The van der Waals surface area contributed by atoms with Crippen LogP contribution in [0.4, 0.5) is 4.39 Å². The normalized spacial score (nSPS) is 12.5. The van der Waals surface area contributed by atoms with Crippen molar-refractivity contribution in [1.82, 2.24) is 0 Å². The Hall–Kier alpha value is -1.38. The quantitative estimate of drug-likeness (QED) is 0.887. The number of benzene rings is 2. The van der Waals surface area contributed by atoms with Gasteiger partial charge in [0.15, 0.2) is 0 Å². The zero-order valence-corrected chi connectivity index (χ0v) is 11.8. The summed E-state index contributed by atoms with van der Waals surface area (Å²) in [5, 5.41) is 0.558. The molecule has 0 fully saturated rings. The van der Waals surface area contributed by atoms with Gasteiger partial charge in [0.2, 0.25) is 0 Å². The van der Waals surface area contributed by atoms with Gasteiger partial charge in [0.1, 0.15) is 5.82 Å². The minimum Gasteiger partial charge on any atom is -0.324 e. The van der Waals surface area contributed by atoms with Crippen LogP contribution in [0.2, 0.25) is 5.02 Å². The highest BCUT2D eigenvalue weighted by atomic mass is 35.5. The summed E-state index contributed by atoms with van der Waals surface area (Å²) in [7, 11) is 0. The standard InChI is InChI=1S/C16H17ClFN/c1-10-4-3-5-11(2)16(10)15(19)9-12-8-13(18)6-7-14(12)17/h3-8,15H,9,19H2,1-2H3. The molecule has 1 atom stereocenters. The van der Waals surface area contributed by atoms with Crippen molar-refractivity contribution >= 4 is 11.6 Å². The van der Waals surface area contributed by atoms with Crippen LogP contribution in [0.15, 0.2) is 36.4 Å². The van der Waals surface area contributed by atoms with E-state index < -0.39 is 0 Å². The van der Waals surface area contributed by atoms with E-state index in [1.807, 2.05) is 32.0 Å². The molecule has 2 rings (SSSR count). The third kappa shape index (κ3) is 3.14. The lowest BCUT2D eigenvalue weighted by Gasteiger charge is -2.18. The Kier molecular flexibility index (Phi) is 4.23. The lowest BCUT2D eigenvalue weighted by Crippen LogP contribution is -2.16. The van der Waals surface area contributed by atoms with Crippen LogP contribution in [0.25, 0.3) is 0 Å². The molecule has 19 heavy (non-hydrogen) atoms. The monoisotopic (exact) mass is 277 g/mol. The average Bonchev–Trinajstić information content (AvgIpc) is 2.33. The van der Waals surface area contributed by atoms with Crippen molar-refractivity contribution in [1.29, 1.82) is 0 Å². The molecule has 1 unspecified atom stereocenters. The zero-order chi connectivity index (χ0) is 14.0. The molecule has 0 saturated heterocycles. The van der Waals surface area contributed by atoms with Crippen molar-refractivity contribution < 1.29 is 4.39 Å². The summed E-state index contributed by atoms with van der Waals surface area (Å²) in [5.41, 5.74) is 10.4. The van der Waals surface area contributed by atoms with Gasteiger partial charge in [-0.25, -0.2) is 4.39 Å². The number of hydrogen-bond acceptors (Lipinski definition) is 1. The zero-order valence-electron chi connectivity index (χ0n) is 11.1. The van der Waals surface area contributed by atoms with Crippen molar-refractivity contribution in [2.75, 3.05) is 0 Å². The molecular formula is C16H17ClFN. The van der Waals surface area contributed by atoms with Crippen molar-refractivity contribution in [3.05, 3.63) is 69.5 Å². The lowest BCUT2D eigenvalue weighted by molar-refractivity contribution is 0.621. The van der Waals surface area contributed by atoms with Gasteiger partial charge in [0.25, 0.3) is 0 Å². The predicted octanol–water partition coefficient (Wildman–Crippen LogP) is 4.34. The molecule has 0 aromatic heterocycles. The van der Waals surface area contributed by atoms with E-state index in [1.54, 1.807) is 6.07 Å². The molecule has 0 radical (unpaired) electrons. The second-order valence-corrected chi connectivity index (χ2v) is 5.26. The molecular weight excluding hydrogens is 261 g/mol. The second kappa shape index (κ2) is 5.72. The Morgan fingerprint density at radius 1 is 1.16 bits per heavy atom. The first kappa shape index (κ1) is 14.0. The average molecular weight is 278 g/mol. The van der Waals surface area contributed by atoms with Crippen LogP contribution < -0.4 is 5.73 Å². The SMILES string of the molecule is Cc1cccc(C)c1C(N)Cc1cc(F)ccc1Cl. The van der Waals surface area contributed by atoms with Gasteiger partial charge in [0.05, 0.1) is 0 Å². The summed E-state index contributed by atoms with van der Waals surface area (Å²) < 4.78 is 13.3. The van der Waals surface area contributed by atoms with Crippen LogP contribution in [0, 0.1) is 19.7 Å². The van der Waals surface area contributed by atoms with Gasteiger partial charge in [-0.05, 0) is 60.7 Å². The molecule has 100 valence electrons. The van der Waals surface area contributed by atoms with Crippen LogP contribution in [-0.4, -0.2) is 0 Å². The Morgan fingerprint density at radius 2 is 1.79 bits per heavy atom. The number of hydrogen-bond donors (Lipinski definition) is 1. The number of halogens is 2. The molecule has 2 aromatic carbocycles. The highest BCUT2D eigenvalue weighted by Crippen LogP contribution is 2.26. The summed E-state index contributed by atoms with van der Waals surface area (Å²) >= 11 is 6.09. The van der Waals surface area contributed by atoms with Gasteiger partial charge in [-0.3, -0.25) is 0 Å². The molecule has 0 heterocycles. The van der Waals surface area contributed by atoms with E-state index in [2.05, 4.69) is 0 Å². The summed E-state index contributed by atoms with van der Waals surface area (Å²) in [6.07, 6.45) is 0.530. The molecule has 1 nitrogen and oxygen atoms in total. The van der Waals surface area contributed by atoms with Gasteiger partial charge in [-0.1, -0.05) is 29.8 Å². The summed E-state index contributed by atoms with van der Waals surface area (Å²) in [4.78, 5) is 0. The third-order valence-corrected chi connectivity index (χ3v) is 3.73. The fourth-order valence-electron chi connectivity index (χ4n) is 2.45. The molecule has 0 aliphatic heterocycles. The Balaban J connectivity index is 2.31. The number of nitrogens with two attached hydrogens (primary N) is 1. The van der Waals surface area contributed by atoms with Crippen LogP contribution in [0.1, 0.15) is 28.3 Å². The van der Waals surface area contributed by atoms with Gasteiger partial charge in [0, 0.05) is 11.1 Å². The van der Waals surface area contributed by atoms with Gasteiger partial charge in [-0.2, -0.15) is 0 Å². The second-order valence-electron chi connectivity index (χ2n) is 4.85. The van der Waals surface area contributed by atoms with Crippen molar-refractivity contribution in [3.8, 4) is 0 Å². The van der Waals surface area contributed by atoms with Gasteiger partial charge >= 0.3 is 0 Å². The molecule has 0 spiro atoms. The molecule has 3 heteroatoms. The van der Waals surface area contributed by atoms with E-state index in [4.69, 9.17) is 17.3 Å². The molecule has 0 aliphatic carbocycles. The van der Waals surface area contributed by atoms with Crippen LogP contribution >= 0.6 is 11.6 Å². The fourth-order valence-corrected chi connectivity index (χ4v) is 2.65. The molecule has 2 N–H and O–H groups in total. The van der Waals surface area contributed by atoms with E-state index in [9.17, 15) is 4.39 Å². The summed E-state index contributed by atoms with van der Waals surface area (Å²) in [6, 6.07) is 10.3. The molecule has 0 amide bonds. The minimum absolute atomic E-state index is 0.180. The smallest absolute Gasteiger partial charge is 0.123 e. The van der Waals surface area contributed by atoms with Crippen LogP contribution in [0.3, 0.4) is 0 Å². The summed E-state index contributed by atoms with van der Waals surface area (Å²) in [5.74, 6) is -0.284. The molecule has 0 bridgehead atoms. The van der Waals surface area contributed by atoms with Crippen molar-refractivity contribution in [3.63, 3.8) is 0 Å². The first-order valence-electron chi connectivity index (χ1n) is 6.24. The number of aryl methyl sites for hydroxylation is 2. The number of rotatable bonds is 3. The Morgan fingerprint density at radius 3 is 2.42 bits per heavy atom. The van der Waals surface area contributed by atoms with E-state index in [-0.39, 0.29) is 11.9 Å². The summed E-state index contributed by atoms with van der Waals surface area (Å²) in [6.45, 7) is 4.07. The molecule has 2 aromatic rings. The van der Waals surface area contributed by atoms with Crippen molar-refractivity contribution in [2.45, 2.75) is 26.3 Å². The minimum atomic E-state index is -0.284.